The second-order valence-electron chi connectivity index (χ2n) is 6.13. The smallest absolute Gasteiger partial charge is 0.168 e. The van der Waals surface area contributed by atoms with Crippen LogP contribution in [0.5, 0.6) is 0 Å². The van der Waals surface area contributed by atoms with E-state index < -0.39 is 0 Å². The molecule has 0 N–H and O–H groups in total. The molecule has 0 spiro atoms. The van der Waals surface area contributed by atoms with E-state index in [1.165, 1.54) is 12.1 Å². The summed E-state index contributed by atoms with van der Waals surface area (Å²) in [5.41, 5.74) is 1.47. The van der Waals surface area contributed by atoms with Crippen LogP contribution >= 0.6 is 0 Å². The summed E-state index contributed by atoms with van der Waals surface area (Å²) in [4.78, 5) is 11.0. The maximum atomic E-state index is 13.1. The molecule has 7 heteroatoms. The number of hydrogen-bond donors (Lipinski definition) is 0. The summed E-state index contributed by atoms with van der Waals surface area (Å²) in [5.74, 6) is 0.581. The standard InChI is InChI=1S/C17H18FN5O/c1-11-8-22(9-12(2)24-11)16-15-7-21-23(17(15)20-10-19-16)14-5-3-13(18)4-6-14/h3-7,10-12H,8-9H2,1-2H3/t11-,12+. The lowest BCUT2D eigenvalue weighted by Crippen LogP contribution is -2.45. The molecule has 3 heterocycles. The zero-order chi connectivity index (χ0) is 16.7. The third kappa shape index (κ3) is 2.60. The number of halogens is 1. The Labute approximate surface area is 138 Å². The van der Waals surface area contributed by atoms with Gasteiger partial charge in [-0.05, 0) is 38.1 Å². The predicted octanol–water partition coefficient (Wildman–Crippen LogP) is 2.57. The minimum atomic E-state index is -0.276. The van der Waals surface area contributed by atoms with E-state index in [0.717, 1.165) is 30.0 Å². The van der Waals surface area contributed by atoms with Crippen molar-refractivity contribution in [2.75, 3.05) is 18.0 Å². The first kappa shape index (κ1) is 15.0. The molecule has 0 aliphatic carbocycles. The third-order valence-corrected chi connectivity index (χ3v) is 4.14. The second kappa shape index (κ2) is 5.83. The quantitative estimate of drug-likeness (QED) is 0.724. The zero-order valence-electron chi connectivity index (χ0n) is 13.6. The number of fused-ring (bicyclic) bond motifs is 1. The van der Waals surface area contributed by atoms with Crippen molar-refractivity contribution in [1.82, 2.24) is 19.7 Å². The Balaban J connectivity index is 1.78. The van der Waals surface area contributed by atoms with Crippen LogP contribution in [0.2, 0.25) is 0 Å². The maximum absolute atomic E-state index is 13.1. The van der Waals surface area contributed by atoms with Gasteiger partial charge in [-0.1, -0.05) is 0 Å². The maximum Gasteiger partial charge on any atom is 0.168 e. The molecule has 1 aliphatic rings. The van der Waals surface area contributed by atoms with Crippen LogP contribution < -0.4 is 4.90 Å². The Bertz CT molecular complexity index is 853. The highest BCUT2D eigenvalue weighted by atomic mass is 19.1. The van der Waals surface area contributed by atoms with Gasteiger partial charge in [0.2, 0.25) is 0 Å². The van der Waals surface area contributed by atoms with Crippen LogP contribution in [0.3, 0.4) is 0 Å². The van der Waals surface area contributed by atoms with Gasteiger partial charge in [0.05, 0.1) is 29.5 Å². The van der Waals surface area contributed by atoms with Crippen LogP contribution in [0.1, 0.15) is 13.8 Å². The third-order valence-electron chi connectivity index (χ3n) is 4.14. The first-order valence-corrected chi connectivity index (χ1v) is 7.97. The lowest BCUT2D eigenvalue weighted by atomic mass is 10.2. The molecule has 1 aromatic carbocycles. The van der Waals surface area contributed by atoms with Gasteiger partial charge in [0, 0.05) is 13.1 Å². The largest absolute Gasteiger partial charge is 0.372 e. The molecule has 0 radical (unpaired) electrons. The van der Waals surface area contributed by atoms with Gasteiger partial charge in [-0.15, -0.1) is 0 Å². The van der Waals surface area contributed by atoms with Gasteiger partial charge in [0.15, 0.2) is 5.65 Å². The number of hydrogen-bond acceptors (Lipinski definition) is 5. The van der Waals surface area contributed by atoms with Gasteiger partial charge >= 0.3 is 0 Å². The van der Waals surface area contributed by atoms with E-state index in [1.807, 2.05) is 0 Å². The first-order chi connectivity index (χ1) is 11.6. The summed E-state index contributed by atoms with van der Waals surface area (Å²) < 4.78 is 20.6. The van der Waals surface area contributed by atoms with Crippen LogP contribution in [0.4, 0.5) is 10.2 Å². The van der Waals surface area contributed by atoms with E-state index in [-0.39, 0.29) is 18.0 Å². The number of benzene rings is 1. The molecular weight excluding hydrogens is 309 g/mol. The van der Waals surface area contributed by atoms with Gasteiger partial charge in [-0.3, -0.25) is 0 Å². The number of rotatable bonds is 2. The van der Waals surface area contributed by atoms with Gasteiger partial charge in [-0.2, -0.15) is 5.10 Å². The topological polar surface area (TPSA) is 56.1 Å². The van der Waals surface area contributed by atoms with Crippen molar-refractivity contribution in [2.45, 2.75) is 26.1 Å². The Morgan fingerprint density at radius 2 is 1.79 bits per heavy atom. The average molecular weight is 327 g/mol. The summed E-state index contributed by atoms with van der Waals surface area (Å²) in [6.45, 7) is 5.67. The molecule has 2 aromatic heterocycles. The lowest BCUT2D eigenvalue weighted by molar-refractivity contribution is -0.00537. The molecule has 24 heavy (non-hydrogen) atoms. The van der Waals surface area contributed by atoms with Crippen molar-refractivity contribution >= 4 is 16.9 Å². The molecule has 0 unspecified atom stereocenters. The Morgan fingerprint density at radius 3 is 2.50 bits per heavy atom. The molecule has 0 amide bonds. The highest BCUT2D eigenvalue weighted by Gasteiger charge is 2.25. The molecule has 0 bridgehead atoms. The monoisotopic (exact) mass is 327 g/mol. The SMILES string of the molecule is C[C@@H]1CN(c2ncnc3c2cnn3-c2ccc(F)cc2)C[C@H](C)O1. The van der Waals surface area contributed by atoms with Crippen LogP contribution in [0, 0.1) is 5.82 Å². The number of morpholine rings is 1. The summed E-state index contributed by atoms with van der Waals surface area (Å²) in [5, 5.41) is 5.30. The van der Waals surface area contributed by atoms with Crippen LogP contribution in [-0.2, 0) is 4.74 Å². The van der Waals surface area contributed by atoms with Crippen molar-refractivity contribution < 1.29 is 9.13 Å². The van der Waals surface area contributed by atoms with E-state index in [4.69, 9.17) is 4.74 Å². The fourth-order valence-electron chi connectivity index (χ4n) is 3.21. The van der Waals surface area contributed by atoms with Crippen molar-refractivity contribution in [3.63, 3.8) is 0 Å². The van der Waals surface area contributed by atoms with Crippen LogP contribution in [0.25, 0.3) is 16.7 Å². The van der Waals surface area contributed by atoms with Crippen LogP contribution in [0.15, 0.2) is 36.8 Å². The fourth-order valence-corrected chi connectivity index (χ4v) is 3.21. The molecule has 124 valence electrons. The highest BCUT2D eigenvalue weighted by Crippen LogP contribution is 2.27. The summed E-state index contributed by atoms with van der Waals surface area (Å²) in [7, 11) is 0. The highest BCUT2D eigenvalue weighted by molar-refractivity contribution is 5.87. The Hall–Kier alpha value is -2.54. The lowest BCUT2D eigenvalue weighted by Gasteiger charge is -2.36. The molecule has 1 saturated heterocycles. The molecule has 2 atom stereocenters. The van der Waals surface area contributed by atoms with Gasteiger partial charge < -0.3 is 9.64 Å². The Kier molecular flexibility index (Phi) is 3.65. The van der Waals surface area contributed by atoms with Gasteiger partial charge in [0.25, 0.3) is 0 Å². The average Bonchev–Trinajstić information content (AvgIpc) is 2.98. The normalized spacial score (nSPS) is 21.4. The number of aromatic nitrogens is 4. The summed E-state index contributed by atoms with van der Waals surface area (Å²) in [6, 6.07) is 6.19. The van der Waals surface area contributed by atoms with Crippen molar-refractivity contribution in [1.29, 1.82) is 0 Å². The summed E-state index contributed by atoms with van der Waals surface area (Å²) in [6.07, 6.45) is 3.60. The number of nitrogens with zero attached hydrogens (tertiary/aromatic N) is 5. The minimum absolute atomic E-state index is 0.144. The second-order valence-corrected chi connectivity index (χ2v) is 6.13. The predicted molar refractivity (Wildman–Crippen MR) is 88.8 cm³/mol. The van der Waals surface area contributed by atoms with E-state index in [1.54, 1.807) is 29.3 Å². The molecule has 6 nitrogen and oxygen atoms in total. The number of ether oxygens (including phenoxy) is 1. The van der Waals surface area contributed by atoms with E-state index in [9.17, 15) is 4.39 Å². The minimum Gasteiger partial charge on any atom is -0.372 e. The Morgan fingerprint density at radius 1 is 1.08 bits per heavy atom. The van der Waals surface area contributed by atoms with E-state index in [2.05, 4.69) is 33.8 Å². The van der Waals surface area contributed by atoms with Crippen molar-refractivity contribution in [3.05, 3.63) is 42.6 Å². The zero-order valence-corrected chi connectivity index (χ0v) is 13.6. The van der Waals surface area contributed by atoms with Crippen molar-refractivity contribution in [3.8, 4) is 5.69 Å². The molecule has 0 saturated carbocycles. The van der Waals surface area contributed by atoms with Gasteiger partial charge in [0.1, 0.15) is 18.0 Å². The van der Waals surface area contributed by atoms with Gasteiger partial charge in [-0.25, -0.2) is 19.0 Å². The van der Waals surface area contributed by atoms with Crippen LogP contribution in [-0.4, -0.2) is 45.0 Å². The number of anilines is 1. The van der Waals surface area contributed by atoms with Crippen molar-refractivity contribution in [2.24, 2.45) is 0 Å². The first-order valence-electron chi connectivity index (χ1n) is 7.97. The summed E-state index contributed by atoms with van der Waals surface area (Å²) >= 11 is 0. The molecule has 1 fully saturated rings. The molecule has 1 aliphatic heterocycles. The molecule has 3 aromatic rings. The van der Waals surface area contributed by atoms with E-state index in [0.29, 0.717) is 5.65 Å². The molecular formula is C17H18FN5O. The fraction of sp³-hybridized carbons (Fsp3) is 0.353. The molecule has 4 rings (SSSR count). The van der Waals surface area contributed by atoms with E-state index >= 15 is 0 Å².